The third kappa shape index (κ3) is 3.87. The van der Waals surface area contributed by atoms with E-state index in [0.717, 1.165) is 17.5 Å². The molecule has 0 radical (unpaired) electrons. The van der Waals surface area contributed by atoms with E-state index >= 15 is 0 Å². The first-order valence-electron chi connectivity index (χ1n) is 8.49. The quantitative estimate of drug-likeness (QED) is 0.754. The molecule has 1 aromatic rings. The molecule has 136 valence electrons. The van der Waals surface area contributed by atoms with Crippen LogP contribution in [0, 0.1) is 0 Å². The van der Waals surface area contributed by atoms with Crippen molar-refractivity contribution >= 4 is 11.8 Å². The van der Waals surface area contributed by atoms with E-state index in [1.54, 1.807) is 24.0 Å². The fraction of sp³-hybridized carbons (Fsp3) is 0.556. The van der Waals surface area contributed by atoms with Crippen molar-refractivity contribution in [2.45, 2.75) is 19.4 Å². The minimum absolute atomic E-state index is 0.0807. The van der Waals surface area contributed by atoms with Crippen LogP contribution in [0.4, 0.5) is 0 Å². The van der Waals surface area contributed by atoms with Crippen LogP contribution >= 0.6 is 0 Å². The molecule has 0 unspecified atom stereocenters. The van der Waals surface area contributed by atoms with E-state index in [4.69, 9.17) is 14.2 Å². The Labute approximate surface area is 147 Å². The van der Waals surface area contributed by atoms with Gasteiger partial charge in [-0.05, 0) is 29.7 Å². The second kappa shape index (κ2) is 7.74. The largest absolute Gasteiger partial charge is 0.493 e. The third-order valence-corrected chi connectivity index (χ3v) is 4.74. The van der Waals surface area contributed by atoms with E-state index in [-0.39, 0.29) is 18.2 Å². The van der Waals surface area contributed by atoms with Crippen molar-refractivity contribution in [1.29, 1.82) is 0 Å². The molecular formula is C18H24N2O5. The number of nitrogens with zero attached hydrogens (tertiary/aromatic N) is 2. The number of morpholine rings is 1. The first kappa shape index (κ1) is 17.5. The summed E-state index contributed by atoms with van der Waals surface area (Å²) in [6.07, 6.45) is 0.662. The van der Waals surface area contributed by atoms with Gasteiger partial charge in [0.05, 0.1) is 27.4 Å². The van der Waals surface area contributed by atoms with Gasteiger partial charge in [-0.3, -0.25) is 9.59 Å². The van der Waals surface area contributed by atoms with E-state index in [0.29, 0.717) is 50.9 Å². The number of amides is 2. The van der Waals surface area contributed by atoms with E-state index in [2.05, 4.69) is 0 Å². The summed E-state index contributed by atoms with van der Waals surface area (Å²) in [6, 6.07) is 3.88. The molecule has 1 saturated heterocycles. The van der Waals surface area contributed by atoms with E-state index in [1.807, 2.05) is 12.1 Å². The second-order valence-electron chi connectivity index (χ2n) is 6.21. The van der Waals surface area contributed by atoms with Crippen LogP contribution in [-0.4, -0.2) is 68.7 Å². The summed E-state index contributed by atoms with van der Waals surface area (Å²) in [6.45, 7) is 3.30. The molecule has 2 aliphatic heterocycles. The molecule has 2 heterocycles. The van der Waals surface area contributed by atoms with E-state index < -0.39 is 0 Å². The summed E-state index contributed by atoms with van der Waals surface area (Å²) in [7, 11) is 3.21. The Kier molecular flexibility index (Phi) is 5.43. The Balaban J connectivity index is 1.65. The fourth-order valence-corrected chi connectivity index (χ4v) is 3.26. The Morgan fingerprint density at radius 1 is 0.960 bits per heavy atom. The van der Waals surface area contributed by atoms with Crippen molar-refractivity contribution in [2.24, 2.45) is 0 Å². The van der Waals surface area contributed by atoms with Crippen LogP contribution in [0.15, 0.2) is 12.1 Å². The molecule has 7 heteroatoms. The van der Waals surface area contributed by atoms with Gasteiger partial charge < -0.3 is 24.0 Å². The third-order valence-electron chi connectivity index (χ3n) is 4.74. The zero-order valence-electron chi connectivity index (χ0n) is 14.7. The fourth-order valence-electron chi connectivity index (χ4n) is 3.26. The van der Waals surface area contributed by atoms with Crippen LogP contribution in [-0.2, 0) is 27.3 Å². The molecule has 0 atom stereocenters. The molecule has 0 aliphatic carbocycles. The van der Waals surface area contributed by atoms with E-state index in [1.165, 1.54) is 0 Å². The number of fused-ring (bicyclic) bond motifs is 1. The van der Waals surface area contributed by atoms with E-state index in [9.17, 15) is 9.59 Å². The second-order valence-corrected chi connectivity index (χ2v) is 6.21. The number of hydrogen-bond acceptors (Lipinski definition) is 5. The Morgan fingerprint density at radius 2 is 1.56 bits per heavy atom. The maximum absolute atomic E-state index is 12.5. The zero-order valence-corrected chi connectivity index (χ0v) is 14.7. The maximum Gasteiger partial charge on any atom is 0.232 e. The molecular weight excluding hydrogens is 324 g/mol. The van der Waals surface area contributed by atoms with Gasteiger partial charge in [-0.25, -0.2) is 0 Å². The first-order chi connectivity index (χ1) is 12.1. The van der Waals surface area contributed by atoms with Crippen LogP contribution in [0.5, 0.6) is 11.5 Å². The first-order valence-corrected chi connectivity index (χ1v) is 8.49. The van der Waals surface area contributed by atoms with Gasteiger partial charge in [-0.1, -0.05) is 0 Å². The highest BCUT2D eigenvalue weighted by molar-refractivity contribution is 5.97. The lowest BCUT2D eigenvalue weighted by Gasteiger charge is -2.31. The summed E-state index contributed by atoms with van der Waals surface area (Å²) in [5, 5.41) is 0. The Bertz CT molecular complexity index is 655. The average Bonchev–Trinajstić information content (AvgIpc) is 2.66. The van der Waals surface area contributed by atoms with Crippen LogP contribution in [0.2, 0.25) is 0 Å². The summed E-state index contributed by atoms with van der Waals surface area (Å²) >= 11 is 0. The molecule has 7 nitrogen and oxygen atoms in total. The van der Waals surface area contributed by atoms with Crippen LogP contribution in [0.3, 0.4) is 0 Å². The van der Waals surface area contributed by atoms with Gasteiger partial charge in [-0.2, -0.15) is 0 Å². The van der Waals surface area contributed by atoms with Crippen molar-refractivity contribution in [1.82, 2.24) is 9.80 Å². The Morgan fingerprint density at radius 3 is 2.20 bits per heavy atom. The number of ether oxygens (including phenoxy) is 3. The van der Waals surface area contributed by atoms with Crippen molar-refractivity contribution in [3.8, 4) is 11.5 Å². The lowest BCUT2D eigenvalue weighted by molar-refractivity contribution is -0.143. The summed E-state index contributed by atoms with van der Waals surface area (Å²) in [5.74, 6) is 1.10. The number of rotatable bonds is 4. The lowest BCUT2D eigenvalue weighted by Crippen LogP contribution is -2.44. The predicted octanol–water partition coefficient (Wildman–Crippen LogP) is 0.837. The minimum atomic E-state index is -0.128. The lowest BCUT2D eigenvalue weighted by atomic mass is 9.98. The molecule has 0 aromatic heterocycles. The highest BCUT2D eigenvalue weighted by Gasteiger charge is 2.26. The van der Waals surface area contributed by atoms with Gasteiger partial charge in [0.25, 0.3) is 0 Å². The molecule has 0 bridgehead atoms. The normalized spacial score (nSPS) is 17.0. The molecule has 2 amide bonds. The molecule has 1 fully saturated rings. The van der Waals surface area contributed by atoms with Crippen LogP contribution < -0.4 is 9.47 Å². The molecule has 25 heavy (non-hydrogen) atoms. The molecule has 3 rings (SSSR count). The predicted molar refractivity (Wildman–Crippen MR) is 90.7 cm³/mol. The summed E-state index contributed by atoms with van der Waals surface area (Å²) < 4.78 is 15.9. The molecule has 0 spiro atoms. The van der Waals surface area contributed by atoms with Crippen molar-refractivity contribution < 1.29 is 23.8 Å². The van der Waals surface area contributed by atoms with Crippen molar-refractivity contribution in [3.63, 3.8) is 0 Å². The topological polar surface area (TPSA) is 68.3 Å². The van der Waals surface area contributed by atoms with Gasteiger partial charge in [0.15, 0.2) is 11.5 Å². The molecule has 2 aliphatic rings. The number of carbonyl (C=O) groups is 2. The standard InChI is InChI=1S/C18H24N2O5/c1-23-15-9-13-3-4-20(12-14(13)10-16(15)24-2)18(22)11-17(21)19-5-7-25-8-6-19/h9-10H,3-8,11-12H2,1-2H3. The van der Waals surface area contributed by atoms with Gasteiger partial charge in [0, 0.05) is 26.2 Å². The maximum atomic E-state index is 12.5. The summed E-state index contributed by atoms with van der Waals surface area (Å²) in [5.41, 5.74) is 2.19. The van der Waals surface area contributed by atoms with Crippen LogP contribution in [0.1, 0.15) is 17.5 Å². The molecule has 0 saturated carbocycles. The Hall–Kier alpha value is -2.28. The number of hydrogen-bond donors (Lipinski definition) is 0. The number of carbonyl (C=O) groups excluding carboxylic acids is 2. The smallest absolute Gasteiger partial charge is 0.232 e. The zero-order chi connectivity index (χ0) is 17.8. The van der Waals surface area contributed by atoms with Gasteiger partial charge in [-0.15, -0.1) is 0 Å². The highest BCUT2D eigenvalue weighted by atomic mass is 16.5. The van der Waals surface area contributed by atoms with Gasteiger partial charge in [0.2, 0.25) is 11.8 Å². The van der Waals surface area contributed by atoms with Crippen molar-refractivity contribution in [2.75, 3.05) is 47.1 Å². The van der Waals surface area contributed by atoms with Gasteiger partial charge in [0.1, 0.15) is 6.42 Å². The summed E-state index contributed by atoms with van der Waals surface area (Å²) in [4.78, 5) is 28.2. The highest BCUT2D eigenvalue weighted by Crippen LogP contribution is 2.33. The van der Waals surface area contributed by atoms with Gasteiger partial charge >= 0.3 is 0 Å². The average molecular weight is 348 g/mol. The van der Waals surface area contributed by atoms with Crippen molar-refractivity contribution in [3.05, 3.63) is 23.3 Å². The number of benzene rings is 1. The number of methoxy groups -OCH3 is 2. The SMILES string of the molecule is COc1cc2c(cc1OC)CN(C(=O)CC(=O)N1CCOCC1)CC2. The monoisotopic (exact) mass is 348 g/mol. The molecule has 1 aromatic carbocycles. The minimum Gasteiger partial charge on any atom is -0.493 e. The van der Waals surface area contributed by atoms with Crippen LogP contribution in [0.25, 0.3) is 0 Å². The molecule has 0 N–H and O–H groups in total.